The summed E-state index contributed by atoms with van der Waals surface area (Å²) in [6.45, 7) is 0.142. The lowest BCUT2D eigenvalue weighted by atomic mass is 10.2. The molecule has 0 unspecified atom stereocenters. The van der Waals surface area contributed by atoms with Crippen LogP contribution in [0.15, 0.2) is 42.5 Å². The lowest BCUT2D eigenvalue weighted by Crippen LogP contribution is -2.28. The SMILES string of the molecule is O=C(NCc1ccccc1OCCO)Nc1cc(F)ccc1F. The molecule has 0 saturated heterocycles. The summed E-state index contributed by atoms with van der Waals surface area (Å²) < 4.78 is 31.8. The minimum atomic E-state index is -0.728. The minimum Gasteiger partial charge on any atom is -0.491 e. The van der Waals surface area contributed by atoms with E-state index in [9.17, 15) is 13.6 Å². The minimum absolute atomic E-state index is 0.124. The Hall–Kier alpha value is -2.67. The van der Waals surface area contributed by atoms with Gasteiger partial charge in [0.25, 0.3) is 0 Å². The average molecular weight is 322 g/mol. The molecule has 0 radical (unpaired) electrons. The topological polar surface area (TPSA) is 70.6 Å². The van der Waals surface area contributed by atoms with Crippen molar-refractivity contribution in [2.24, 2.45) is 0 Å². The summed E-state index contributed by atoms with van der Waals surface area (Å²) in [5.74, 6) is -0.850. The molecule has 7 heteroatoms. The Kier molecular flexibility index (Phi) is 5.87. The molecule has 0 spiro atoms. The van der Waals surface area contributed by atoms with Crippen molar-refractivity contribution in [2.45, 2.75) is 6.54 Å². The third kappa shape index (κ3) is 4.93. The van der Waals surface area contributed by atoms with Crippen molar-refractivity contribution in [1.82, 2.24) is 5.32 Å². The predicted octanol–water partition coefficient (Wildman–Crippen LogP) is 2.66. The van der Waals surface area contributed by atoms with Gasteiger partial charge in [0.2, 0.25) is 0 Å². The summed E-state index contributed by atoms with van der Waals surface area (Å²) in [5.41, 5.74) is 0.447. The van der Waals surface area contributed by atoms with E-state index in [4.69, 9.17) is 9.84 Å². The number of carbonyl (C=O) groups excluding carboxylic acids is 1. The molecule has 2 amide bonds. The average Bonchev–Trinajstić information content (AvgIpc) is 2.55. The molecule has 0 atom stereocenters. The maximum Gasteiger partial charge on any atom is 0.319 e. The largest absolute Gasteiger partial charge is 0.491 e. The van der Waals surface area contributed by atoms with Gasteiger partial charge in [0.15, 0.2) is 0 Å². The van der Waals surface area contributed by atoms with E-state index in [2.05, 4.69) is 10.6 Å². The third-order valence-electron chi connectivity index (χ3n) is 2.94. The summed E-state index contributed by atoms with van der Waals surface area (Å²) in [6.07, 6.45) is 0. The Morgan fingerprint density at radius 2 is 1.96 bits per heavy atom. The predicted molar refractivity (Wildman–Crippen MR) is 81.2 cm³/mol. The van der Waals surface area contributed by atoms with Crippen LogP contribution in [0, 0.1) is 11.6 Å². The second-order valence-electron chi connectivity index (χ2n) is 4.61. The fourth-order valence-electron chi connectivity index (χ4n) is 1.88. The first kappa shape index (κ1) is 16.7. The first-order valence-corrected chi connectivity index (χ1v) is 6.91. The zero-order valence-electron chi connectivity index (χ0n) is 12.2. The number of halogens is 2. The van der Waals surface area contributed by atoms with Gasteiger partial charge in [-0.05, 0) is 18.2 Å². The molecule has 2 aromatic rings. The summed E-state index contributed by atoms with van der Waals surface area (Å²) in [5, 5.41) is 13.5. The number of aliphatic hydroxyl groups is 1. The normalized spacial score (nSPS) is 10.2. The van der Waals surface area contributed by atoms with Crippen molar-refractivity contribution in [3.05, 3.63) is 59.7 Å². The van der Waals surface area contributed by atoms with Crippen molar-refractivity contribution in [3.8, 4) is 5.75 Å². The van der Waals surface area contributed by atoms with Crippen molar-refractivity contribution < 1.29 is 23.4 Å². The van der Waals surface area contributed by atoms with Crippen molar-refractivity contribution in [3.63, 3.8) is 0 Å². The quantitative estimate of drug-likeness (QED) is 0.766. The summed E-state index contributed by atoms with van der Waals surface area (Å²) in [6, 6.07) is 9.10. The lowest BCUT2D eigenvalue weighted by Gasteiger charge is -2.12. The fourth-order valence-corrected chi connectivity index (χ4v) is 1.88. The Balaban J connectivity index is 1.95. The molecule has 0 aromatic heterocycles. The highest BCUT2D eigenvalue weighted by molar-refractivity contribution is 5.89. The number of benzene rings is 2. The Labute approximate surface area is 131 Å². The zero-order chi connectivity index (χ0) is 16.7. The highest BCUT2D eigenvalue weighted by Gasteiger charge is 2.09. The monoisotopic (exact) mass is 322 g/mol. The molecule has 0 bridgehead atoms. The van der Waals surface area contributed by atoms with Crippen LogP contribution in [0.25, 0.3) is 0 Å². The molecule has 0 aliphatic carbocycles. The fraction of sp³-hybridized carbons (Fsp3) is 0.188. The smallest absolute Gasteiger partial charge is 0.319 e. The van der Waals surface area contributed by atoms with E-state index in [-0.39, 0.29) is 25.4 Å². The molecular formula is C16H16F2N2O3. The Bertz CT molecular complexity index is 680. The van der Waals surface area contributed by atoms with Crippen molar-refractivity contribution in [1.29, 1.82) is 0 Å². The molecule has 0 aliphatic rings. The molecule has 122 valence electrons. The van der Waals surface area contributed by atoms with Gasteiger partial charge in [-0.2, -0.15) is 0 Å². The number of ether oxygens (including phenoxy) is 1. The summed E-state index contributed by atoms with van der Waals surface area (Å²) in [4.78, 5) is 11.8. The number of carbonyl (C=O) groups is 1. The number of rotatable bonds is 6. The van der Waals surface area contributed by atoms with E-state index in [1.165, 1.54) is 0 Å². The van der Waals surface area contributed by atoms with Crippen LogP contribution in [0.4, 0.5) is 19.3 Å². The van der Waals surface area contributed by atoms with Crippen LogP contribution in [-0.2, 0) is 6.54 Å². The highest BCUT2D eigenvalue weighted by atomic mass is 19.1. The number of anilines is 1. The molecule has 3 N–H and O–H groups in total. The van der Waals surface area contributed by atoms with Gasteiger partial charge in [-0.25, -0.2) is 13.6 Å². The third-order valence-corrected chi connectivity index (χ3v) is 2.94. The van der Waals surface area contributed by atoms with Gasteiger partial charge < -0.3 is 20.5 Å². The van der Waals surface area contributed by atoms with Crippen molar-refractivity contribution in [2.75, 3.05) is 18.5 Å². The number of hydrogen-bond acceptors (Lipinski definition) is 3. The molecule has 0 fully saturated rings. The first-order valence-electron chi connectivity index (χ1n) is 6.91. The van der Waals surface area contributed by atoms with Crippen LogP contribution in [-0.4, -0.2) is 24.4 Å². The zero-order valence-corrected chi connectivity index (χ0v) is 12.2. The standard InChI is InChI=1S/C16H16F2N2O3/c17-12-5-6-13(18)14(9-12)20-16(22)19-10-11-3-1-2-4-15(11)23-8-7-21/h1-6,9,21H,7-8,10H2,(H2,19,20,22). The van der Waals surface area contributed by atoms with E-state index in [1.807, 2.05) is 0 Å². The van der Waals surface area contributed by atoms with Gasteiger partial charge in [0.05, 0.1) is 12.3 Å². The number of para-hydroxylation sites is 1. The summed E-state index contributed by atoms with van der Waals surface area (Å²) in [7, 11) is 0. The number of nitrogens with one attached hydrogen (secondary N) is 2. The number of urea groups is 1. The van der Waals surface area contributed by atoms with E-state index in [1.54, 1.807) is 24.3 Å². The molecule has 23 heavy (non-hydrogen) atoms. The molecule has 2 aromatic carbocycles. The van der Waals surface area contributed by atoms with E-state index < -0.39 is 17.7 Å². The van der Waals surface area contributed by atoms with Gasteiger partial charge in [-0.3, -0.25) is 0 Å². The summed E-state index contributed by atoms with van der Waals surface area (Å²) >= 11 is 0. The first-order chi connectivity index (χ1) is 11.1. The Morgan fingerprint density at radius 3 is 2.74 bits per heavy atom. The number of hydrogen-bond donors (Lipinski definition) is 3. The van der Waals surface area contributed by atoms with Gasteiger partial charge in [-0.15, -0.1) is 0 Å². The van der Waals surface area contributed by atoms with E-state index >= 15 is 0 Å². The molecule has 0 heterocycles. The van der Waals surface area contributed by atoms with Crippen LogP contribution in [0.2, 0.25) is 0 Å². The van der Waals surface area contributed by atoms with Gasteiger partial charge in [0, 0.05) is 18.2 Å². The molecule has 2 rings (SSSR count). The van der Waals surface area contributed by atoms with Crippen LogP contribution in [0.5, 0.6) is 5.75 Å². The number of amides is 2. The van der Waals surface area contributed by atoms with Crippen molar-refractivity contribution >= 4 is 11.7 Å². The lowest BCUT2D eigenvalue weighted by molar-refractivity contribution is 0.200. The second-order valence-corrected chi connectivity index (χ2v) is 4.61. The number of aliphatic hydroxyl groups excluding tert-OH is 1. The Morgan fingerprint density at radius 1 is 1.17 bits per heavy atom. The van der Waals surface area contributed by atoms with Gasteiger partial charge in [-0.1, -0.05) is 18.2 Å². The van der Waals surface area contributed by atoms with Gasteiger partial charge >= 0.3 is 6.03 Å². The maximum atomic E-state index is 13.4. The van der Waals surface area contributed by atoms with Crippen LogP contribution < -0.4 is 15.4 Å². The van der Waals surface area contributed by atoms with Crippen LogP contribution in [0.3, 0.4) is 0 Å². The van der Waals surface area contributed by atoms with Gasteiger partial charge in [0.1, 0.15) is 24.0 Å². The maximum absolute atomic E-state index is 13.4. The second kappa shape index (κ2) is 8.09. The van der Waals surface area contributed by atoms with E-state index in [0.717, 1.165) is 18.2 Å². The van der Waals surface area contributed by atoms with Crippen LogP contribution >= 0.6 is 0 Å². The molecule has 5 nitrogen and oxygen atoms in total. The molecule has 0 aliphatic heterocycles. The molecular weight excluding hydrogens is 306 g/mol. The van der Waals surface area contributed by atoms with E-state index in [0.29, 0.717) is 11.3 Å². The molecule has 0 saturated carbocycles. The van der Waals surface area contributed by atoms with Crippen LogP contribution in [0.1, 0.15) is 5.56 Å². The highest BCUT2D eigenvalue weighted by Crippen LogP contribution is 2.18.